The van der Waals surface area contributed by atoms with Gasteiger partial charge in [0.1, 0.15) is 5.75 Å². The lowest BCUT2D eigenvalue weighted by Crippen LogP contribution is -2.11. The van der Waals surface area contributed by atoms with Crippen molar-refractivity contribution in [1.29, 1.82) is 0 Å². The van der Waals surface area contributed by atoms with Gasteiger partial charge in [0.2, 0.25) is 0 Å². The zero-order chi connectivity index (χ0) is 16.5. The molecule has 0 saturated carbocycles. The predicted octanol–water partition coefficient (Wildman–Crippen LogP) is 5.71. The molecule has 0 atom stereocenters. The van der Waals surface area contributed by atoms with Crippen molar-refractivity contribution < 1.29 is 5.11 Å². The summed E-state index contributed by atoms with van der Waals surface area (Å²) in [5.74, 6) is 0.938. The van der Waals surface area contributed by atoms with Crippen LogP contribution < -0.4 is 0 Å². The molecule has 0 spiro atoms. The van der Waals surface area contributed by atoms with E-state index in [0.717, 1.165) is 12.0 Å². The molecule has 1 N–H and O–H groups in total. The van der Waals surface area contributed by atoms with Crippen LogP contribution in [-0.4, -0.2) is 5.11 Å². The molecule has 2 aromatic rings. The van der Waals surface area contributed by atoms with Crippen molar-refractivity contribution in [3.63, 3.8) is 0 Å². The number of phenols is 1. The number of phenolic OH excluding ortho intramolecular Hbond substituents is 1. The molecule has 0 aliphatic heterocycles. The number of hydrogen-bond donors (Lipinski definition) is 1. The molecular weight excluding hydrogens is 268 g/mol. The number of hydrogen-bond acceptors (Lipinski definition) is 1. The van der Waals surface area contributed by atoms with Crippen LogP contribution in [0.25, 0.3) is 0 Å². The smallest absolute Gasteiger partial charge is 0.119 e. The maximum absolute atomic E-state index is 10.1. The first-order valence-electron chi connectivity index (χ1n) is 8.10. The summed E-state index contributed by atoms with van der Waals surface area (Å²) < 4.78 is 0. The third-order valence-electron chi connectivity index (χ3n) is 4.24. The van der Waals surface area contributed by atoms with E-state index in [1.807, 2.05) is 12.1 Å². The second-order valence-electron chi connectivity index (χ2n) is 7.62. The van der Waals surface area contributed by atoms with Gasteiger partial charge in [-0.2, -0.15) is 0 Å². The van der Waals surface area contributed by atoms with Crippen LogP contribution in [0.4, 0.5) is 0 Å². The van der Waals surface area contributed by atoms with Crippen LogP contribution in [0.3, 0.4) is 0 Å². The van der Waals surface area contributed by atoms with Crippen LogP contribution in [0.2, 0.25) is 0 Å². The molecule has 22 heavy (non-hydrogen) atoms. The highest BCUT2D eigenvalue weighted by atomic mass is 16.3. The molecule has 0 aliphatic carbocycles. The highest BCUT2D eigenvalue weighted by molar-refractivity contribution is 5.43. The maximum atomic E-state index is 10.1. The molecule has 0 heterocycles. The number of aryl methyl sites for hydroxylation is 1. The molecular formula is C21H28O. The van der Waals surface area contributed by atoms with E-state index in [9.17, 15) is 5.11 Å². The summed E-state index contributed by atoms with van der Waals surface area (Å²) in [6.45, 7) is 13.1. The Kier molecular flexibility index (Phi) is 4.65. The first-order chi connectivity index (χ1) is 10.2. The maximum Gasteiger partial charge on any atom is 0.119 e. The lowest BCUT2D eigenvalue weighted by Gasteiger charge is -2.21. The average molecular weight is 296 g/mol. The lowest BCUT2D eigenvalue weighted by atomic mass is 9.84. The van der Waals surface area contributed by atoms with Gasteiger partial charge in [0.05, 0.1) is 0 Å². The molecule has 0 amide bonds. The van der Waals surface area contributed by atoms with Crippen molar-refractivity contribution in [2.24, 2.45) is 0 Å². The zero-order valence-corrected chi connectivity index (χ0v) is 14.7. The summed E-state index contributed by atoms with van der Waals surface area (Å²) in [4.78, 5) is 0. The standard InChI is InChI=1S/C21H28O/c1-14(2)18-12-16(8-7-15(18)3)11-17-9-10-20(22)19(13-17)21(4,5)6/h7-10,12-14,22H,11H2,1-6H3. The third kappa shape index (κ3) is 3.71. The molecule has 0 saturated heterocycles. The minimum atomic E-state index is -0.0452. The quantitative estimate of drug-likeness (QED) is 0.769. The van der Waals surface area contributed by atoms with E-state index in [-0.39, 0.29) is 5.41 Å². The van der Waals surface area contributed by atoms with Crippen LogP contribution in [0.5, 0.6) is 5.75 Å². The molecule has 0 fully saturated rings. The summed E-state index contributed by atoms with van der Waals surface area (Å²) in [6, 6.07) is 12.8. The van der Waals surface area contributed by atoms with Gasteiger partial charge in [-0.05, 0) is 58.6 Å². The highest BCUT2D eigenvalue weighted by Gasteiger charge is 2.18. The monoisotopic (exact) mass is 296 g/mol. The Bertz CT molecular complexity index is 660. The molecule has 2 rings (SSSR count). The zero-order valence-electron chi connectivity index (χ0n) is 14.7. The summed E-state index contributed by atoms with van der Waals surface area (Å²) in [5, 5.41) is 10.1. The topological polar surface area (TPSA) is 20.2 Å². The normalized spacial score (nSPS) is 12.0. The Balaban J connectivity index is 2.34. The van der Waals surface area contributed by atoms with Crippen molar-refractivity contribution in [3.8, 4) is 5.75 Å². The van der Waals surface area contributed by atoms with Gasteiger partial charge in [0, 0.05) is 0 Å². The number of benzene rings is 2. The Hall–Kier alpha value is -1.76. The second kappa shape index (κ2) is 6.16. The Morgan fingerprint density at radius 3 is 2.14 bits per heavy atom. The molecule has 1 nitrogen and oxygen atoms in total. The first kappa shape index (κ1) is 16.6. The summed E-state index contributed by atoms with van der Waals surface area (Å²) in [6.07, 6.45) is 0.906. The van der Waals surface area contributed by atoms with Gasteiger partial charge >= 0.3 is 0 Å². The Morgan fingerprint density at radius 2 is 1.55 bits per heavy atom. The van der Waals surface area contributed by atoms with E-state index >= 15 is 0 Å². The minimum absolute atomic E-state index is 0.0452. The van der Waals surface area contributed by atoms with Crippen LogP contribution in [0.1, 0.15) is 68.4 Å². The fraction of sp³-hybridized carbons (Fsp3) is 0.429. The van der Waals surface area contributed by atoms with Crippen LogP contribution in [0, 0.1) is 6.92 Å². The average Bonchev–Trinajstić information content (AvgIpc) is 2.41. The summed E-state index contributed by atoms with van der Waals surface area (Å²) in [5.41, 5.74) is 6.34. The van der Waals surface area contributed by atoms with Crippen molar-refractivity contribution in [3.05, 3.63) is 64.2 Å². The number of aromatic hydroxyl groups is 1. The summed E-state index contributed by atoms with van der Waals surface area (Å²) in [7, 11) is 0. The van der Waals surface area contributed by atoms with Crippen LogP contribution in [0.15, 0.2) is 36.4 Å². The molecule has 118 valence electrons. The van der Waals surface area contributed by atoms with Crippen molar-refractivity contribution in [2.75, 3.05) is 0 Å². The molecule has 2 aromatic carbocycles. The molecule has 0 bridgehead atoms. The van der Waals surface area contributed by atoms with Crippen LogP contribution >= 0.6 is 0 Å². The predicted molar refractivity (Wildman–Crippen MR) is 94.9 cm³/mol. The highest BCUT2D eigenvalue weighted by Crippen LogP contribution is 2.32. The van der Waals surface area contributed by atoms with Crippen molar-refractivity contribution in [2.45, 2.75) is 59.3 Å². The molecule has 0 unspecified atom stereocenters. The lowest BCUT2D eigenvalue weighted by molar-refractivity contribution is 0.446. The van der Waals surface area contributed by atoms with E-state index in [4.69, 9.17) is 0 Å². The van der Waals surface area contributed by atoms with Gasteiger partial charge in [0.15, 0.2) is 0 Å². The second-order valence-corrected chi connectivity index (χ2v) is 7.62. The van der Waals surface area contributed by atoms with E-state index in [0.29, 0.717) is 11.7 Å². The largest absolute Gasteiger partial charge is 0.508 e. The van der Waals surface area contributed by atoms with E-state index in [1.54, 1.807) is 0 Å². The van der Waals surface area contributed by atoms with Gasteiger partial charge in [0.25, 0.3) is 0 Å². The van der Waals surface area contributed by atoms with Crippen molar-refractivity contribution in [1.82, 2.24) is 0 Å². The fourth-order valence-corrected chi connectivity index (χ4v) is 2.95. The van der Waals surface area contributed by atoms with E-state index < -0.39 is 0 Å². The molecule has 0 aliphatic rings. The van der Waals surface area contributed by atoms with Gasteiger partial charge in [-0.15, -0.1) is 0 Å². The Morgan fingerprint density at radius 1 is 0.955 bits per heavy atom. The SMILES string of the molecule is Cc1ccc(Cc2ccc(O)c(C(C)(C)C)c2)cc1C(C)C. The minimum Gasteiger partial charge on any atom is -0.508 e. The van der Waals surface area contributed by atoms with E-state index in [2.05, 4.69) is 65.8 Å². The molecule has 1 heteroatoms. The van der Waals surface area contributed by atoms with Gasteiger partial charge in [-0.1, -0.05) is 65.0 Å². The van der Waals surface area contributed by atoms with Gasteiger partial charge in [-0.3, -0.25) is 0 Å². The third-order valence-corrected chi connectivity index (χ3v) is 4.24. The fourth-order valence-electron chi connectivity index (χ4n) is 2.95. The van der Waals surface area contributed by atoms with Crippen molar-refractivity contribution >= 4 is 0 Å². The van der Waals surface area contributed by atoms with E-state index in [1.165, 1.54) is 22.3 Å². The number of rotatable bonds is 3. The first-order valence-corrected chi connectivity index (χ1v) is 8.10. The van der Waals surface area contributed by atoms with Gasteiger partial charge in [-0.25, -0.2) is 0 Å². The Labute approximate surface area is 135 Å². The summed E-state index contributed by atoms with van der Waals surface area (Å²) >= 11 is 0. The van der Waals surface area contributed by atoms with Crippen LogP contribution in [-0.2, 0) is 11.8 Å². The molecule has 0 radical (unpaired) electrons. The van der Waals surface area contributed by atoms with Gasteiger partial charge < -0.3 is 5.11 Å². The molecule has 0 aromatic heterocycles.